The molecule has 98 valence electrons. The molecule has 0 aliphatic carbocycles. The Morgan fingerprint density at radius 3 is 2.42 bits per heavy atom. The number of hydrogen-bond donors (Lipinski definition) is 1. The largest absolute Gasteiger partial charge is 0.384 e. The van der Waals surface area contributed by atoms with E-state index in [9.17, 15) is 10.1 Å². The summed E-state index contributed by atoms with van der Waals surface area (Å²) in [7, 11) is 0. The van der Waals surface area contributed by atoms with Crippen molar-refractivity contribution in [2.45, 2.75) is 12.8 Å². The molecule has 1 N–H and O–H groups in total. The van der Waals surface area contributed by atoms with E-state index >= 15 is 0 Å². The van der Waals surface area contributed by atoms with Gasteiger partial charge < -0.3 is 5.32 Å². The second-order valence-electron chi connectivity index (χ2n) is 4.37. The van der Waals surface area contributed by atoms with Gasteiger partial charge in [-0.05, 0) is 23.6 Å². The van der Waals surface area contributed by atoms with Gasteiger partial charge in [-0.15, -0.1) is 0 Å². The highest BCUT2D eigenvalue weighted by molar-refractivity contribution is 5.41. The minimum Gasteiger partial charge on any atom is -0.384 e. The van der Waals surface area contributed by atoms with Gasteiger partial charge in [-0.3, -0.25) is 15.1 Å². The summed E-state index contributed by atoms with van der Waals surface area (Å²) < 4.78 is 0. The smallest absolute Gasteiger partial charge is 0.269 e. The molecular weight excluding hydrogens is 242 g/mol. The highest BCUT2D eigenvalue weighted by Crippen LogP contribution is 2.19. The third kappa shape index (κ3) is 3.51. The van der Waals surface area contributed by atoms with Crippen LogP contribution in [0.2, 0.25) is 0 Å². The summed E-state index contributed by atoms with van der Waals surface area (Å²) in [4.78, 5) is 14.1. The van der Waals surface area contributed by atoms with Crippen LogP contribution >= 0.6 is 0 Å². The first-order valence-corrected chi connectivity index (χ1v) is 6.05. The first-order valence-electron chi connectivity index (χ1n) is 6.05. The quantitative estimate of drug-likeness (QED) is 0.659. The Morgan fingerprint density at radius 2 is 1.84 bits per heavy atom. The number of hydrogen-bond acceptors (Lipinski definition) is 4. The Labute approximate surface area is 111 Å². The Hall–Kier alpha value is -2.43. The van der Waals surface area contributed by atoms with E-state index in [2.05, 4.69) is 17.2 Å². The SMILES string of the molecule is CC(CNc1ccncc1)c1ccc([N+](=O)[O-])cc1. The Morgan fingerprint density at radius 1 is 1.21 bits per heavy atom. The zero-order valence-electron chi connectivity index (χ0n) is 10.6. The normalized spacial score (nSPS) is 11.8. The number of nitrogens with one attached hydrogen (secondary N) is 1. The molecule has 1 aromatic carbocycles. The van der Waals surface area contributed by atoms with Gasteiger partial charge in [0.2, 0.25) is 0 Å². The van der Waals surface area contributed by atoms with Gasteiger partial charge in [-0.25, -0.2) is 0 Å². The maximum Gasteiger partial charge on any atom is 0.269 e. The summed E-state index contributed by atoms with van der Waals surface area (Å²) in [6, 6.07) is 10.5. The number of benzene rings is 1. The summed E-state index contributed by atoms with van der Waals surface area (Å²) in [6.07, 6.45) is 3.47. The second-order valence-corrected chi connectivity index (χ2v) is 4.37. The molecule has 5 nitrogen and oxygen atoms in total. The van der Waals surface area contributed by atoms with Crippen molar-refractivity contribution in [2.24, 2.45) is 0 Å². The van der Waals surface area contributed by atoms with Crippen LogP contribution in [0.25, 0.3) is 0 Å². The molecule has 0 amide bonds. The van der Waals surface area contributed by atoms with E-state index in [1.54, 1.807) is 24.5 Å². The number of non-ortho nitro benzene ring substituents is 1. The molecule has 2 rings (SSSR count). The van der Waals surface area contributed by atoms with Crippen LogP contribution in [0.15, 0.2) is 48.8 Å². The molecule has 1 atom stereocenters. The average molecular weight is 257 g/mol. The number of nitro benzene ring substituents is 1. The molecule has 0 aliphatic heterocycles. The van der Waals surface area contributed by atoms with E-state index in [1.165, 1.54) is 12.1 Å². The van der Waals surface area contributed by atoms with Gasteiger partial charge >= 0.3 is 0 Å². The third-order valence-corrected chi connectivity index (χ3v) is 2.97. The van der Waals surface area contributed by atoms with Gasteiger partial charge in [0.05, 0.1) is 4.92 Å². The van der Waals surface area contributed by atoms with Crippen LogP contribution in [0, 0.1) is 10.1 Å². The predicted molar refractivity (Wildman–Crippen MR) is 74.2 cm³/mol. The number of anilines is 1. The lowest BCUT2D eigenvalue weighted by molar-refractivity contribution is -0.384. The van der Waals surface area contributed by atoms with Crippen molar-refractivity contribution in [3.63, 3.8) is 0 Å². The lowest BCUT2D eigenvalue weighted by Crippen LogP contribution is -2.09. The molecule has 1 heterocycles. The zero-order chi connectivity index (χ0) is 13.7. The molecule has 19 heavy (non-hydrogen) atoms. The van der Waals surface area contributed by atoms with Crippen molar-refractivity contribution in [3.05, 3.63) is 64.5 Å². The van der Waals surface area contributed by atoms with Gasteiger partial charge in [0.15, 0.2) is 0 Å². The molecule has 1 aromatic heterocycles. The third-order valence-electron chi connectivity index (χ3n) is 2.97. The van der Waals surface area contributed by atoms with Crippen molar-refractivity contribution in [3.8, 4) is 0 Å². The van der Waals surface area contributed by atoms with Crippen molar-refractivity contribution < 1.29 is 4.92 Å². The summed E-state index contributed by atoms with van der Waals surface area (Å²) in [6.45, 7) is 2.84. The zero-order valence-corrected chi connectivity index (χ0v) is 10.6. The summed E-state index contributed by atoms with van der Waals surface area (Å²) >= 11 is 0. The molecule has 0 radical (unpaired) electrons. The fourth-order valence-electron chi connectivity index (χ4n) is 1.78. The van der Waals surface area contributed by atoms with E-state index in [4.69, 9.17) is 0 Å². The van der Waals surface area contributed by atoms with Gasteiger partial charge in [0, 0.05) is 36.8 Å². The van der Waals surface area contributed by atoms with Crippen molar-refractivity contribution in [2.75, 3.05) is 11.9 Å². The Bertz CT molecular complexity index is 540. The van der Waals surface area contributed by atoms with Crippen LogP contribution in [0.3, 0.4) is 0 Å². The van der Waals surface area contributed by atoms with Crippen LogP contribution < -0.4 is 5.32 Å². The summed E-state index contributed by atoms with van der Waals surface area (Å²) in [5, 5.41) is 13.9. The number of aromatic nitrogens is 1. The molecule has 0 saturated heterocycles. The van der Waals surface area contributed by atoms with Crippen molar-refractivity contribution in [1.82, 2.24) is 4.98 Å². The van der Waals surface area contributed by atoms with Crippen molar-refractivity contribution in [1.29, 1.82) is 0 Å². The number of pyridine rings is 1. The fourth-order valence-corrected chi connectivity index (χ4v) is 1.78. The van der Waals surface area contributed by atoms with Gasteiger partial charge in [0.1, 0.15) is 0 Å². The maximum absolute atomic E-state index is 10.6. The van der Waals surface area contributed by atoms with Crippen LogP contribution in [0.5, 0.6) is 0 Å². The molecule has 0 spiro atoms. The minimum absolute atomic E-state index is 0.123. The molecule has 2 aromatic rings. The first kappa shape index (κ1) is 13.0. The molecule has 0 fully saturated rings. The van der Waals surface area contributed by atoms with Crippen molar-refractivity contribution >= 4 is 11.4 Å². The predicted octanol–water partition coefficient (Wildman–Crippen LogP) is 3.21. The molecule has 5 heteroatoms. The highest BCUT2D eigenvalue weighted by atomic mass is 16.6. The topological polar surface area (TPSA) is 68.1 Å². The van der Waals surface area contributed by atoms with Crippen LogP contribution in [-0.4, -0.2) is 16.5 Å². The standard InChI is InChI=1S/C14H15N3O2/c1-11(10-16-13-6-8-15-9-7-13)12-2-4-14(5-3-12)17(18)19/h2-9,11H,10H2,1H3,(H,15,16). The Balaban J connectivity index is 1.96. The van der Waals surface area contributed by atoms with E-state index in [0.29, 0.717) is 0 Å². The first-order chi connectivity index (χ1) is 9.16. The summed E-state index contributed by atoms with van der Waals surface area (Å²) in [5.41, 5.74) is 2.22. The van der Waals surface area contributed by atoms with Gasteiger partial charge in [-0.1, -0.05) is 19.1 Å². The highest BCUT2D eigenvalue weighted by Gasteiger charge is 2.08. The van der Waals surface area contributed by atoms with E-state index < -0.39 is 0 Å². The number of nitro groups is 1. The lowest BCUT2D eigenvalue weighted by atomic mass is 10.0. The van der Waals surface area contributed by atoms with E-state index in [-0.39, 0.29) is 16.5 Å². The molecule has 0 saturated carbocycles. The molecule has 0 bridgehead atoms. The van der Waals surface area contributed by atoms with Crippen LogP contribution in [-0.2, 0) is 0 Å². The molecule has 1 unspecified atom stereocenters. The lowest BCUT2D eigenvalue weighted by Gasteiger charge is -2.13. The maximum atomic E-state index is 10.6. The number of nitrogens with zero attached hydrogens (tertiary/aromatic N) is 2. The Kier molecular flexibility index (Phi) is 4.07. The van der Waals surface area contributed by atoms with Gasteiger partial charge in [-0.2, -0.15) is 0 Å². The number of rotatable bonds is 5. The van der Waals surface area contributed by atoms with Crippen LogP contribution in [0.4, 0.5) is 11.4 Å². The molecular formula is C14H15N3O2. The molecule has 0 aliphatic rings. The average Bonchev–Trinajstić information content (AvgIpc) is 2.46. The monoisotopic (exact) mass is 257 g/mol. The fraction of sp³-hybridized carbons (Fsp3) is 0.214. The summed E-state index contributed by atoms with van der Waals surface area (Å²) in [5.74, 6) is 0.272. The van der Waals surface area contributed by atoms with Crippen LogP contribution in [0.1, 0.15) is 18.4 Å². The van der Waals surface area contributed by atoms with E-state index in [1.807, 2.05) is 12.1 Å². The van der Waals surface area contributed by atoms with Gasteiger partial charge in [0.25, 0.3) is 5.69 Å². The second kappa shape index (κ2) is 5.95. The van der Waals surface area contributed by atoms with E-state index in [0.717, 1.165) is 17.8 Å². The minimum atomic E-state index is -0.385.